The summed E-state index contributed by atoms with van der Waals surface area (Å²) >= 11 is 1.50. The summed E-state index contributed by atoms with van der Waals surface area (Å²) < 4.78 is 15.0. The van der Waals surface area contributed by atoms with Crippen molar-refractivity contribution in [3.05, 3.63) is 36.3 Å². The molecule has 9 nitrogen and oxygen atoms in total. The maximum atomic E-state index is 13.2. The molecule has 3 aromatic rings. The number of anilines is 2. The molecule has 5 rings (SSSR count). The molecule has 0 saturated carbocycles. The number of amides is 2. The SMILES string of the molecule is CSc1nc(N2CCCCC2)c2cnn(CCNC(=O)C3CC(=O)N(c4ccc(F)cc4)C3)c2n1. The third-order valence-corrected chi connectivity index (χ3v) is 7.10. The molecule has 1 N–H and O–H groups in total. The molecular weight excluding hydrogens is 469 g/mol. The molecule has 4 heterocycles. The first-order valence-corrected chi connectivity index (χ1v) is 13.1. The highest BCUT2D eigenvalue weighted by Gasteiger charge is 2.35. The number of carbonyl (C=O) groups is 2. The molecule has 0 spiro atoms. The first-order chi connectivity index (χ1) is 17.0. The van der Waals surface area contributed by atoms with Crippen molar-refractivity contribution in [3.63, 3.8) is 0 Å². The highest BCUT2D eigenvalue weighted by Crippen LogP contribution is 2.29. The number of benzene rings is 1. The minimum Gasteiger partial charge on any atom is -0.356 e. The van der Waals surface area contributed by atoms with Gasteiger partial charge in [0.2, 0.25) is 11.8 Å². The Morgan fingerprint density at radius 1 is 1.17 bits per heavy atom. The first-order valence-electron chi connectivity index (χ1n) is 11.9. The third-order valence-electron chi connectivity index (χ3n) is 6.55. The number of carbonyl (C=O) groups excluding carboxylic acids is 2. The molecule has 2 saturated heterocycles. The lowest BCUT2D eigenvalue weighted by Crippen LogP contribution is -2.35. The second-order valence-electron chi connectivity index (χ2n) is 8.86. The zero-order valence-electron chi connectivity index (χ0n) is 19.6. The van der Waals surface area contributed by atoms with E-state index in [2.05, 4.69) is 20.3 Å². The van der Waals surface area contributed by atoms with E-state index in [4.69, 9.17) is 4.98 Å². The summed E-state index contributed by atoms with van der Waals surface area (Å²) in [4.78, 5) is 38.5. The van der Waals surface area contributed by atoms with Crippen LogP contribution in [0.1, 0.15) is 25.7 Å². The van der Waals surface area contributed by atoms with Gasteiger partial charge in [0.1, 0.15) is 11.6 Å². The average Bonchev–Trinajstić information content (AvgIpc) is 3.48. The minimum absolute atomic E-state index is 0.136. The van der Waals surface area contributed by atoms with Crippen molar-refractivity contribution in [3.8, 4) is 0 Å². The second kappa shape index (κ2) is 10.2. The Morgan fingerprint density at radius 2 is 1.94 bits per heavy atom. The van der Waals surface area contributed by atoms with Crippen LogP contribution in [0, 0.1) is 11.7 Å². The van der Waals surface area contributed by atoms with E-state index in [1.54, 1.807) is 23.0 Å². The van der Waals surface area contributed by atoms with Gasteiger partial charge in [-0.15, -0.1) is 0 Å². The number of hydrogen-bond donors (Lipinski definition) is 1. The molecule has 184 valence electrons. The topological polar surface area (TPSA) is 96.2 Å². The van der Waals surface area contributed by atoms with E-state index >= 15 is 0 Å². The van der Waals surface area contributed by atoms with Gasteiger partial charge >= 0.3 is 0 Å². The smallest absolute Gasteiger partial charge is 0.227 e. The number of piperidine rings is 1. The van der Waals surface area contributed by atoms with Gasteiger partial charge in [-0.2, -0.15) is 5.10 Å². The van der Waals surface area contributed by atoms with E-state index in [9.17, 15) is 14.0 Å². The lowest BCUT2D eigenvalue weighted by Gasteiger charge is -2.28. The van der Waals surface area contributed by atoms with Crippen molar-refractivity contribution in [1.29, 1.82) is 0 Å². The predicted molar refractivity (Wildman–Crippen MR) is 133 cm³/mol. The highest BCUT2D eigenvalue weighted by atomic mass is 32.2. The van der Waals surface area contributed by atoms with E-state index in [1.807, 2.05) is 6.26 Å². The number of nitrogens with zero attached hydrogens (tertiary/aromatic N) is 6. The van der Waals surface area contributed by atoms with Crippen LogP contribution in [0.2, 0.25) is 0 Å². The molecule has 0 bridgehead atoms. The molecule has 0 aliphatic carbocycles. The van der Waals surface area contributed by atoms with Gasteiger partial charge in [-0.3, -0.25) is 9.59 Å². The molecule has 11 heteroatoms. The molecule has 2 amide bonds. The quantitative estimate of drug-likeness (QED) is 0.396. The minimum atomic E-state index is -0.446. The standard InChI is InChI=1S/C24H28FN7O2S/c1-35-24-28-21(30-10-3-2-4-11-30)19-14-27-32(22(19)29-24)12-9-26-23(34)16-13-20(33)31(15-16)18-7-5-17(25)6-8-18/h5-8,14,16H,2-4,9-13,15H2,1H3,(H,26,34). The van der Waals surface area contributed by atoms with Gasteiger partial charge in [0.25, 0.3) is 0 Å². The van der Waals surface area contributed by atoms with E-state index in [0.717, 1.165) is 42.8 Å². The number of nitrogens with one attached hydrogen (secondary N) is 1. The van der Waals surface area contributed by atoms with Gasteiger partial charge in [-0.25, -0.2) is 19.0 Å². The molecule has 2 aromatic heterocycles. The largest absolute Gasteiger partial charge is 0.356 e. The Morgan fingerprint density at radius 3 is 2.69 bits per heavy atom. The van der Waals surface area contributed by atoms with Crippen LogP contribution < -0.4 is 15.1 Å². The molecule has 2 fully saturated rings. The third kappa shape index (κ3) is 4.95. The summed E-state index contributed by atoms with van der Waals surface area (Å²) in [6.07, 6.45) is 7.46. The van der Waals surface area contributed by atoms with Gasteiger partial charge in [0.15, 0.2) is 10.8 Å². The monoisotopic (exact) mass is 497 g/mol. The molecule has 2 aliphatic heterocycles. The van der Waals surface area contributed by atoms with Crippen LogP contribution >= 0.6 is 11.8 Å². The summed E-state index contributed by atoms with van der Waals surface area (Å²) in [5, 5.41) is 9.09. The normalized spacial score (nSPS) is 18.5. The summed E-state index contributed by atoms with van der Waals surface area (Å²) in [7, 11) is 0. The van der Waals surface area contributed by atoms with Gasteiger partial charge in [0.05, 0.1) is 24.0 Å². The molecule has 35 heavy (non-hydrogen) atoms. The Hall–Kier alpha value is -3.21. The Bertz CT molecular complexity index is 1230. The number of hydrogen-bond acceptors (Lipinski definition) is 7. The van der Waals surface area contributed by atoms with Gasteiger partial charge in [-0.05, 0) is 49.8 Å². The van der Waals surface area contributed by atoms with Crippen LogP contribution in [0.4, 0.5) is 15.9 Å². The average molecular weight is 498 g/mol. The lowest BCUT2D eigenvalue weighted by atomic mass is 10.1. The maximum Gasteiger partial charge on any atom is 0.227 e. The van der Waals surface area contributed by atoms with Crippen molar-refractivity contribution in [2.45, 2.75) is 37.4 Å². The molecule has 0 radical (unpaired) electrons. The first kappa shape index (κ1) is 23.5. The zero-order chi connectivity index (χ0) is 24.4. The lowest BCUT2D eigenvalue weighted by molar-refractivity contribution is -0.126. The molecule has 1 aromatic carbocycles. The Labute approximate surface area is 207 Å². The van der Waals surface area contributed by atoms with Gasteiger partial charge in [-0.1, -0.05) is 11.8 Å². The highest BCUT2D eigenvalue weighted by molar-refractivity contribution is 7.98. The van der Waals surface area contributed by atoms with Crippen molar-refractivity contribution in [2.24, 2.45) is 5.92 Å². The molecular formula is C24H28FN7O2S. The van der Waals surface area contributed by atoms with E-state index in [0.29, 0.717) is 23.9 Å². The summed E-state index contributed by atoms with van der Waals surface area (Å²) in [5.41, 5.74) is 1.36. The van der Waals surface area contributed by atoms with Crippen molar-refractivity contribution < 1.29 is 14.0 Å². The maximum absolute atomic E-state index is 13.2. The summed E-state index contributed by atoms with van der Waals surface area (Å²) in [6.45, 7) is 3.08. The van der Waals surface area contributed by atoms with Gasteiger partial charge in [0, 0.05) is 38.3 Å². The molecule has 2 aliphatic rings. The fraction of sp³-hybridized carbons (Fsp3) is 0.458. The zero-order valence-corrected chi connectivity index (χ0v) is 20.4. The van der Waals surface area contributed by atoms with Crippen LogP contribution in [0.5, 0.6) is 0 Å². The van der Waals surface area contributed by atoms with Crippen LogP contribution in [0.15, 0.2) is 35.6 Å². The Balaban J connectivity index is 1.23. The van der Waals surface area contributed by atoms with E-state index < -0.39 is 5.92 Å². The van der Waals surface area contributed by atoms with E-state index in [-0.39, 0.29) is 30.6 Å². The fourth-order valence-corrected chi connectivity index (χ4v) is 5.06. The molecule has 1 unspecified atom stereocenters. The Kier molecular flexibility index (Phi) is 6.85. The number of fused-ring (bicyclic) bond motifs is 1. The summed E-state index contributed by atoms with van der Waals surface area (Å²) in [5.74, 6) is -0.189. The van der Waals surface area contributed by atoms with Crippen molar-refractivity contribution >= 4 is 46.1 Å². The van der Waals surface area contributed by atoms with Crippen LogP contribution in [0.3, 0.4) is 0 Å². The van der Waals surface area contributed by atoms with Crippen molar-refractivity contribution in [1.82, 2.24) is 25.1 Å². The second-order valence-corrected chi connectivity index (χ2v) is 9.63. The van der Waals surface area contributed by atoms with Crippen molar-refractivity contribution in [2.75, 3.05) is 42.2 Å². The van der Waals surface area contributed by atoms with Gasteiger partial charge < -0.3 is 15.1 Å². The fourth-order valence-electron chi connectivity index (χ4n) is 4.71. The number of thioether (sulfide) groups is 1. The number of halogens is 1. The number of rotatable bonds is 7. The van der Waals surface area contributed by atoms with Crippen LogP contribution in [0.25, 0.3) is 11.0 Å². The van der Waals surface area contributed by atoms with Crippen LogP contribution in [-0.4, -0.2) is 64.0 Å². The predicted octanol–water partition coefficient (Wildman–Crippen LogP) is 2.85. The molecule has 1 atom stereocenters. The van der Waals surface area contributed by atoms with E-state index in [1.165, 1.54) is 35.2 Å². The summed E-state index contributed by atoms with van der Waals surface area (Å²) in [6, 6.07) is 5.73. The number of aromatic nitrogens is 4. The van der Waals surface area contributed by atoms with Crippen LogP contribution in [-0.2, 0) is 16.1 Å².